The molecular formula is C31H39N3O5S2. The minimum atomic E-state index is -4.13. The standard InChI is InChI=1S/C31H39N3O5S2/c1-5-7-21-32-31(36)24(3)33(22-25-11-9-8-10-12-25)30(35)23-34(26-13-15-27(16-14-26)39-6-2)41(37,38)29-19-17-28(40-4)18-20-29/h8-20,24H,5-7,21-23H2,1-4H3,(H,32,36)/t24-/m1/s1. The zero-order valence-electron chi connectivity index (χ0n) is 24.1. The Kier molecular flexibility index (Phi) is 12.1. The van der Waals surface area contributed by atoms with Crippen molar-refractivity contribution in [3.63, 3.8) is 0 Å². The summed E-state index contributed by atoms with van der Waals surface area (Å²) in [6, 6.07) is 21.7. The highest BCUT2D eigenvalue weighted by Gasteiger charge is 2.32. The van der Waals surface area contributed by atoms with Crippen LogP contribution < -0.4 is 14.4 Å². The van der Waals surface area contributed by atoms with Crippen molar-refractivity contribution in [1.82, 2.24) is 10.2 Å². The lowest BCUT2D eigenvalue weighted by Gasteiger charge is -2.32. The van der Waals surface area contributed by atoms with Crippen molar-refractivity contribution in [2.75, 3.05) is 30.3 Å². The Labute approximate surface area is 248 Å². The molecule has 0 aromatic heterocycles. The Bertz CT molecular complexity index is 1370. The van der Waals surface area contributed by atoms with Gasteiger partial charge in [0, 0.05) is 18.0 Å². The van der Waals surface area contributed by atoms with Gasteiger partial charge in [0.1, 0.15) is 18.3 Å². The van der Waals surface area contributed by atoms with Crippen molar-refractivity contribution in [3.05, 3.63) is 84.4 Å². The van der Waals surface area contributed by atoms with Crippen molar-refractivity contribution >= 4 is 39.3 Å². The number of rotatable bonds is 15. The normalized spacial score (nSPS) is 11.9. The van der Waals surface area contributed by atoms with Crippen LogP contribution in [0.25, 0.3) is 0 Å². The van der Waals surface area contributed by atoms with Crippen LogP contribution in [0.4, 0.5) is 5.69 Å². The van der Waals surface area contributed by atoms with Gasteiger partial charge in [-0.05, 0) is 80.6 Å². The van der Waals surface area contributed by atoms with E-state index in [9.17, 15) is 18.0 Å². The van der Waals surface area contributed by atoms with Crippen LogP contribution >= 0.6 is 11.8 Å². The predicted octanol–water partition coefficient (Wildman–Crippen LogP) is 5.34. The number of amides is 2. The molecule has 41 heavy (non-hydrogen) atoms. The van der Waals surface area contributed by atoms with E-state index in [1.807, 2.05) is 50.4 Å². The Hall–Kier alpha value is -3.50. The number of carbonyl (C=O) groups is 2. The molecule has 0 unspecified atom stereocenters. The van der Waals surface area contributed by atoms with Gasteiger partial charge in [-0.15, -0.1) is 11.8 Å². The molecule has 2 amide bonds. The molecule has 10 heteroatoms. The van der Waals surface area contributed by atoms with Gasteiger partial charge in [0.05, 0.1) is 17.2 Å². The lowest BCUT2D eigenvalue weighted by Crippen LogP contribution is -2.51. The van der Waals surface area contributed by atoms with E-state index in [2.05, 4.69) is 5.32 Å². The third kappa shape index (κ3) is 8.74. The van der Waals surface area contributed by atoms with E-state index in [1.54, 1.807) is 55.5 Å². The molecular weight excluding hydrogens is 558 g/mol. The molecule has 0 heterocycles. The smallest absolute Gasteiger partial charge is 0.264 e. The van der Waals surface area contributed by atoms with E-state index in [1.165, 1.54) is 16.7 Å². The van der Waals surface area contributed by atoms with Crippen LogP contribution in [0.3, 0.4) is 0 Å². The molecule has 3 aromatic carbocycles. The summed E-state index contributed by atoms with van der Waals surface area (Å²) in [5.41, 5.74) is 1.15. The third-order valence-corrected chi connectivity index (χ3v) is 9.09. The van der Waals surface area contributed by atoms with Gasteiger partial charge in [-0.25, -0.2) is 8.42 Å². The highest BCUT2D eigenvalue weighted by atomic mass is 32.2. The zero-order chi connectivity index (χ0) is 29.8. The molecule has 220 valence electrons. The fraction of sp³-hybridized carbons (Fsp3) is 0.355. The average Bonchev–Trinajstić information content (AvgIpc) is 2.99. The number of benzene rings is 3. The van der Waals surface area contributed by atoms with Crippen molar-refractivity contribution in [1.29, 1.82) is 0 Å². The SMILES string of the molecule is CCCCNC(=O)[C@@H](C)N(Cc1ccccc1)C(=O)CN(c1ccc(OCC)cc1)S(=O)(=O)c1ccc(SC)cc1. The second kappa shape index (κ2) is 15.5. The quantitative estimate of drug-likeness (QED) is 0.188. The van der Waals surface area contributed by atoms with Crippen LogP contribution in [0.5, 0.6) is 5.75 Å². The third-order valence-electron chi connectivity index (χ3n) is 6.55. The minimum absolute atomic E-state index is 0.0666. The summed E-state index contributed by atoms with van der Waals surface area (Å²) in [5.74, 6) is -0.191. The monoisotopic (exact) mass is 597 g/mol. The van der Waals surface area contributed by atoms with Gasteiger partial charge in [-0.2, -0.15) is 0 Å². The fourth-order valence-electron chi connectivity index (χ4n) is 4.18. The molecule has 0 saturated carbocycles. The Morgan fingerprint density at radius 1 is 0.951 bits per heavy atom. The van der Waals surface area contributed by atoms with Crippen LogP contribution in [0, 0.1) is 0 Å². The highest BCUT2D eigenvalue weighted by molar-refractivity contribution is 7.98. The van der Waals surface area contributed by atoms with E-state index in [-0.39, 0.29) is 17.3 Å². The second-order valence-corrected chi connectivity index (χ2v) is 12.2. The van der Waals surface area contributed by atoms with Crippen LogP contribution in [-0.4, -0.2) is 57.1 Å². The fourth-order valence-corrected chi connectivity index (χ4v) is 6.00. The second-order valence-electron chi connectivity index (χ2n) is 9.44. The van der Waals surface area contributed by atoms with Gasteiger partial charge in [0.2, 0.25) is 11.8 Å². The number of nitrogens with zero attached hydrogens (tertiary/aromatic N) is 2. The van der Waals surface area contributed by atoms with E-state index in [4.69, 9.17) is 4.74 Å². The highest BCUT2D eigenvalue weighted by Crippen LogP contribution is 2.28. The number of anilines is 1. The van der Waals surface area contributed by atoms with Gasteiger partial charge in [0.25, 0.3) is 10.0 Å². The number of thioether (sulfide) groups is 1. The van der Waals surface area contributed by atoms with Crippen molar-refractivity contribution < 1.29 is 22.7 Å². The summed E-state index contributed by atoms with van der Waals surface area (Å²) in [6.45, 7) is 6.20. The number of carbonyl (C=O) groups excluding carboxylic acids is 2. The first-order chi connectivity index (χ1) is 19.7. The van der Waals surface area contributed by atoms with Gasteiger partial charge in [-0.1, -0.05) is 43.7 Å². The zero-order valence-corrected chi connectivity index (χ0v) is 25.7. The lowest BCUT2D eigenvalue weighted by atomic mass is 10.1. The lowest BCUT2D eigenvalue weighted by molar-refractivity contribution is -0.139. The summed E-state index contributed by atoms with van der Waals surface area (Å²) < 4.78 is 34.6. The summed E-state index contributed by atoms with van der Waals surface area (Å²) in [5, 5.41) is 2.89. The summed E-state index contributed by atoms with van der Waals surface area (Å²) in [6.07, 6.45) is 3.66. The first-order valence-electron chi connectivity index (χ1n) is 13.7. The van der Waals surface area contributed by atoms with E-state index >= 15 is 0 Å². The molecule has 3 rings (SSSR count). The number of hydrogen-bond donors (Lipinski definition) is 1. The van der Waals surface area contributed by atoms with Gasteiger partial charge in [0.15, 0.2) is 0 Å². The summed E-state index contributed by atoms with van der Waals surface area (Å²) in [7, 11) is -4.13. The Morgan fingerprint density at radius 3 is 2.20 bits per heavy atom. The maximum Gasteiger partial charge on any atom is 0.264 e. The number of hydrogen-bond acceptors (Lipinski definition) is 6. The minimum Gasteiger partial charge on any atom is -0.494 e. The van der Waals surface area contributed by atoms with Crippen LogP contribution in [0.1, 0.15) is 39.2 Å². The Balaban J connectivity index is 1.99. The maximum atomic E-state index is 14.0. The van der Waals surface area contributed by atoms with Crippen LogP contribution in [0.2, 0.25) is 0 Å². The molecule has 0 spiro atoms. The predicted molar refractivity (Wildman–Crippen MR) is 165 cm³/mol. The molecule has 8 nitrogen and oxygen atoms in total. The molecule has 0 aliphatic rings. The van der Waals surface area contributed by atoms with E-state index in [0.29, 0.717) is 24.6 Å². The molecule has 0 fully saturated rings. The first-order valence-corrected chi connectivity index (χ1v) is 16.4. The molecule has 0 saturated heterocycles. The number of sulfonamides is 1. The topological polar surface area (TPSA) is 96.0 Å². The first kappa shape index (κ1) is 32.0. The average molecular weight is 598 g/mol. The molecule has 0 aliphatic heterocycles. The maximum absolute atomic E-state index is 14.0. The van der Waals surface area contributed by atoms with Gasteiger partial charge < -0.3 is 15.0 Å². The molecule has 1 N–H and O–H groups in total. The van der Waals surface area contributed by atoms with Crippen molar-refractivity contribution in [3.8, 4) is 5.75 Å². The summed E-state index contributed by atoms with van der Waals surface area (Å²) in [4.78, 5) is 29.4. The van der Waals surface area contributed by atoms with Gasteiger partial charge >= 0.3 is 0 Å². The van der Waals surface area contributed by atoms with Gasteiger partial charge in [-0.3, -0.25) is 13.9 Å². The number of ether oxygens (including phenoxy) is 1. The summed E-state index contributed by atoms with van der Waals surface area (Å²) >= 11 is 1.51. The molecule has 0 aliphatic carbocycles. The van der Waals surface area contributed by atoms with Crippen molar-refractivity contribution in [2.45, 2.75) is 56.0 Å². The molecule has 1 atom stereocenters. The molecule has 0 bridgehead atoms. The number of unbranched alkanes of at least 4 members (excludes halogenated alkanes) is 1. The van der Waals surface area contributed by atoms with Crippen LogP contribution in [-0.2, 0) is 26.2 Å². The molecule has 3 aromatic rings. The molecule has 0 radical (unpaired) electrons. The van der Waals surface area contributed by atoms with Crippen molar-refractivity contribution in [2.24, 2.45) is 0 Å². The van der Waals surface area contributed by atoms with E-state index in [0.717, 1.165) is 27.6 Å². The number of nitrogens with one attached hydrogen (secondary N) is 1. The largest absolute Gasteiger partial charge is 0.494 e. The van der Waals surface area contributed by atoms with Crippen LogP contribution in [0.15, 0.2) is 88.7 Å². The Morgan fingerprint density at radius 2 is 1.61 bits per heavy atom. The van der Waals surface area contributed by atoms with E-state index < -0.39 is 28.5 Å².